The predicted octanol–water partition coefficient (Wildman–Crippen LogP) is 2.90. The van der Waals surface area contributed by atoms with Crippen LogP contribution in [0.1, 0.15) is 50.0 Å². The van der Waals surface area contributed by atoms with Crippen LogP contribution in [0.3, 0.4) is 0 Å². The Morgan fingerprint density at radius 1 is 1.31 bits per heavy atom. The number of amides is 1. The first-order chi connectivity index (χ1) is 12.5. The van der Waals surface area contributed by atoms with Crippen molar-refractivity contribution in [2.75, 3.05) is 20.6 Å². The lowest BCUT2D eigenvalue weighted by Crippen LogP contribution is -2.36. The van der Waals surface area contributed by atoms with Gasteiger partial charge in [-0.3, -0.25) is 9.69 Å². The second kappa shape index (κ2) is 7.99. The van der Waals surface area contributed by atoms with E-state index in [1.807, 2.05) is 36.3 Å². The summed E-state index contributed by atoms with van der Waals surface area (Å²) in [5.74, 6) is 0.369. The molecule has 1 aromatic heterocycles. The van der Waals surface area contributed by atoms with E-state index in [-0.39, 0.29) is 18.5 Å². The van der Waals surface area contributed by atoms with Crippen LogP contribution in [-0.2, 0) is 11.3 Å². The molecule has 1 saturated heterocycles. The fraction of sp³-hybridized carbons (Fsp3) is 0.550. The average molecular weight is 355 g/mol. The van der Waals surface area contributed by atoms with Gasteiger partial charge in [-0.15, -0.1) is 5.10 Å². The van der Waals surface area contributed by atoms with Crippen LogP contribution < -0.4 is 0 Å². The summed E-state index contributed by atoms with van der Waals surface area (Å²) in [6.45, 7) is 5.60. The number of rotatable bonds is 6. The number of nitrogens with zero attached hydrogens (tertiary/aromatic N) is 5. The molecular weight excluding hydrogens is 326 g/mol. The fourth-order valence-electron chi connectivity index (χ4n) is 3.94. The van der Waals surface area contributed by atoms with Gasteiger partial charge in [0.05, 0.1) is 24.0 Å². The van der Waals surface area contributed by atoms with Gasteiger partial charge < -0.3 is 4.90 Å². The van der Waals surface area contributed by atoms with Crippen LogP contribution in [0.4, 0.5) is 0 Å². The molecule has 6 heteroatoms. The highest BCUT2D eigenvalue weighted by Crippen LogP contribution is 2.29. The number of aromatic nitrogens is 3. The zero-order valence-corrected chi connectivity index (χ0v) is 16.2. The zero-order chi connectivity index (χ0) is 18.7. The number of likely N-dealkylation sites (tertiary alicyclic amines) is 1. The van der Waals surface area contributed by atoms with Gasteiger partial charge in [0.15, 0.2) is 0 Å². The van der Waals surface area contributed by atoms with E-state index in [1.165, 1.54) is 6.42 Å². The van der Waals surface area contributed by atoms with Gasteiger partial charge in [0, 0.05) is 7.05 Å². The molecule has 140 valence electrons. The molecular formula is C20H29N5O. The van der Waals surface area contributed by atoms with Gasteiger partial charge in [-0.2, -0.15) is 0 Å². The maximum atomic E-state index is 12.9. The number of likely N-dealkylation sites (N-methyl/N-ethyl adjacent to an activating group) is 1. The van der Waals surface area contributed by atoms with Gasteiger partial charge in [-0.05, 0) is 37.9 Å². The topological polar surface area (TPSA) is 54.3 Å². The van der Waals surface area contributed by atoms with Crippen molar-refractivity contribution >= 4 is 5.91 Å². The molecule has 2 atom stereocenters. The average Bonchev–Trinajstić information content (AvgIpc) is 3.24. The first-order valence-corrected chi connectivity index (χ1v) is 9.38. The molecule has 3 rings (SSSR count). The summed E-state index contributed by atoms with van der Waals surface area (Å²) in [6, 6.07) is 10.6. The standard InChI is InChI=1S/C20H29N5O/c1-15(2)20(16-9-6-5-7-10-16)24(4)19(26)14-25-13-17(21-22-25)18-11-8-12-23(18)3/h5-7,9-10,13,15,18,20H,8,11-12,14H2,1-4H3. The lowest BCUT2D eigenvalue weighted by Gasteiger charge is -2.31. The lowest BCUT2D eigenvalue weighted by molar-refractivity contribution is -0.133. The Labute approximate surface area is 155 Å². The summed E-state index contributed by atoms with van der Waals surface area (Å²) >= 11 is 0. The Hall–Kier alpha value is -2.21. The minimum atomic E-state index is 0.0452. The fourth-order valence-corrected chi connectivity index (χ4v) is 3.94. The first-order valence-electron chi connectivity index (χ1n) is 9.38. The van der Waals surface area contributed by atoms with Crippen molar-refractivity contribution in [3.63, 3.8) is 0 Å². The molecule has 2 unspecified atom stereocenters. The molecule has 2 aromatic rings. The van der Waals surface area contributed by atoms with Crippen molar-refractivity contribution in [1.82, 2.24) is 24.8 Å². The molecule has 0 saturated carbocycles. The molecule has 26 heavy (non-hydrogen) atoms. The molecule has 1 amide bonds. The Morgan fingerprint density at radius 2 is 2.04 bits per heavy atom. The molecule has 0 N–H and O–H groups in total. The van der Waals surface area contributed by atoms with E-state index in [0.29, 0.717) is 12.0 Å². The van der Waals surface area contributed by atoms with Gasteiger partial charge in [-0.1, -0.05) is 49.4 Å². The first kappa shape index (κ1) is 18.6. The number of carbonyl (C=O) groups excluding carboxylic acids is 1. The molecule has 0 aliphatic carbocycles. The van der Waals surface area contributed by atoms with Crippen molar-refractivity contribution in [2.45, 2.75) is 45.3 Å². The third-order valence-electron chi connectivity index (χ3n) is 5.30. The van der Waals surface area contributed by atoms with Crippen LogP contribution in [0.25, 0.3) is 0 Å². The third kappa shape index (κ3) is 3.96. The van der Waals surface area contributed by atoms with E-state index < -0.39 is 0 Å². The van der Waals surface area contributed by atoms with Crippen LogP contribution in [0.2, 0.25) is 0 Å². The molecule has 1 aromatic carbocycles. The monoisotopic (exact) mass is 355 g/mol. The Kier molecular flexibility index (Phi) is 5.71. The van der Waals surface area contributed by atoms with E-state index in [0.717, 1.165) is 24.2 Å². The Bertz CT molecular complexity index is 727. The number of benzene rings is 1. The van der Waals surface area contributed by atoms with Crippen LogP contribution in [-0.4, -0.2) is 51.3 Å². The lowest BCUT2D eigenvalue weighted by atomic mass is 9.94. The summed E-state index contributed by atoms with van der Waals surface area (Å²) in [7, 11) is 3.99. The van der Waals surface area contributed by atoms with Crippen LogP contribution >= 0.6 is 0 Å². The van der Waals surface area contributed by atoms with Crippen molar-refractivity contribution in [3.05, 3.63) is 47.8 Å². The Morgan fingerprint density at radius 3 is 2.65 bits per heavy atom. The van der Waals surface area contributed by atoms with Gasteiger partial charge >= 0.3 is 0 Å². The van der Waals surface area contributed by atoms with Gasteiger partial charge in [-0.25, -0.2) is 4.68 Å². The van der Waals surface area contributed by atoms with Crippen molar-refractivity contribution in [3.8, 4) is 0 Å². The van der Waals surface area contributed by atoms with E-state index in [1.54, 1.807) is 4.68 Å². The van der Waals surface area contributed by atoms with Crippen LogP contribution in [0.15, 0.2) is 36.5 Å². The molecule has 1 aliphatic rings. The summed E-state index contributed by atoms with van der Waals surface area (Å²) < 4.78 is 1.67. The molecule has 2 heterocycles. The van der Waals surface area contributed by atoms with E-state index >= 15 is 0 Å². The highest BCUT2D eigenvalue weighted by Gasteiger charge is 2.27. The summed E-state index contributed by atoms with van der Waals surface area (Å²) in [6.07, 6.45) is 4.21. The maximum Gasteiger partial charge on any atom is 0.244 e. The quantitative estimate of drug-likeness (QED) is 0.799. The van der Waals surface area contributed by atoms with Crippen LogP contribution in [0.5, 0.6) is 0 Å². The molecule has 1 fully saturated rings. The van der Waals surface area contributed by atoms with Crippen molar-refractivity contribution in [1.29, 1.82) is 0 Å². The zero-order valence-electron chi connectivity index (χ0n) is 16.2. The minimum Gasteiger partial charge on any atom is -0.337 e. The highest BCUT2D eigenvalue weighted by atomic mass is 16.2. The summed E-state index contributed by atoms with van der Waals surface area (Å²) in [5.41, 5.74) is 2.12. The molecule has 0 bridgehead atoms. The summed E-state index contributed by atoms with van der Waals surface area (Å²) in [5, 5.41) is 8.49. The van der Waals surface area contributed by atoms with E-state index in [9.17, 15) is 4.79 Å². The summed E-state index contributed by atoms with van der Waals surface area (Å²) in [4.78, 5) is 17.0. The number of hydrogen-bond acceptors (Lipinski definition) is 4. The van der Waals surface area contributed by atoms with Crippen LogP contribution in [0, 0.1) is 5.92 Å². The predicted molar refractivity (Wildman–Crippen MR) is 101 cm³/mol. The second-order valence-electron chi connectivity index (χ2n) is 7.58. The number of carbonyl (C=O) groups is 1. The second-order valence-corrected chi connectivity index (χ2v) is 7.58. The number of hydrogen-bond donors (Lipinski definition) is 0. The van der Waals surface area contributed by atoms with Gasteiger partial charge in [0.2, 0.25) is 5.91 Å². The molecule has 0 radical (unpaired) electrons. The molecule has 6 nitrogen and oxygen atoms in total. The van der Waals surface area contributed by atoms with Crippen molar-refractivity contribution in [2.24, 2.45) is 5.92 Å². The van der Waals surface area contributed by atoms with E-state index in [2.05, 4.69) is 48.2 Å². The normalized spacial score (nSPS) is 19.0. The SMILES string of the molecule is CC(C)C(c1ccccc1)N(C)C(=O)Cn1cc(C2CCCN2C)nn1. The van der Waals surface area contributed by atoms with Gasteiger partial charge in [0.25, 0.3) is 0 Å². The minimum absolute atomic E-state index is 0.0452. The smallest absolute Gasteiger partial charge is 0.244 e. The van der Waals surface area contributed by atoms with Crippen molar-refractivity contribution < 1.29 is 4.79 Å². The molecule has 1 aliphatic heterocycles. The largest absolute Gasteiger partial charge is 0.337 e. The maximum absolute atomic E-state index is 12.9. The third-order valence-corrected chi connectivity index (χ3v) is 5.30. The molecule has 0 spiro atoms. The van der Waals surface area contributed by atoms with E-state index in [4.69, 9.17) is 0 Å². The highest BCUT2D eigenvalue weighted by molar-refractivity contribution is 5.76. The van der Waals surface area contributed by atoms with Gasteiger partial charge in [0.1, 0.15) is 6.54 Å². The Balaban J connectivity index is 1.69.